The van der Waals surface area contributed by atoms with E-state index < -0.39 is 17.6 Å². The number of aromatic carboxylic acids is 1. The van der Waals surface area contributed by atoms with Gasteiger partial charge >= 0.3 is 5.97 Å². The van der Waals surface area contributed by atoms with E-state index in [4.69, 9.17) is 0 Å². The lowest BCUT2D eigenvalue weighted by molar-refractivity contribution is 0.0692. The highest BCUT2D eigenvalue weighted by Gasteiger charge is 2.17. The number of hydrogen-bond acceptors (Lipinski definition) is 3. The van der Waals surface area contributed by atoms with Crippen LogP contribution in [0.2, 0.25) is 0 Å². The Morgan fingerprint density at radius 2 is 1.71 bits per heavy atom. The van der Waals surface area contributed by atoms with Crippen LogP contribution in [0.3, 0.4) is 0 Å². The topological polar surface area (TPSA) is 50.2 Å². The van der Waals surface area contributed by atoms with Gasteiger partial charge in [0.2, 0.25) is 0 Å². The monoisotopic (exact) mass is 343 g/mol. The highest BCUT2D eigenvalue weighted by Crippen LogP contribution is 2.31. The molecule has 0 saturated heterocycles. The number of carboxylic acid groups (broad SMARTS) is 1. The van der Waals surface area contributed by atoms with E-state index in [-0.39, 0.29) is 5.69 Å². The zero-order chi connectivity index (χ0) is 17.1. The third kappa shape index (κ3) is 3.55. The zero-order valence-electron chi connectivity index (χ0n) is 12.2. The maximum absolute atomic E-state index is 13.2. The second kappa shape index (κ2) is 6.72. The van der Waals surface area contributed by atoms with Crippen LogP contribution in [-0.4, -0.2) is 16.1 Å². The summed E-state index contributed by atoms with van der Waals surface area (Å²) in [6.45, 7) is 0. The molecule has 0 fully saturated rings. The lowest BCUT2D eigenvalue weighted by atomic mass is 10.1. The summed E-state index contributed by atoms with van der Waals surface area (Å²) in [4.78, 5) is 16.0. The molecule has 0 aliphatic carbocycles. The molecule has 1 aromatic heterocycles. The van der Waals surface area contributed by atoms with E-state index >= 15 is 0 Å². The molecule has 0 amide bonds. The summed E-state index contributed by atoms with van der Waals surface area (Å²) < 4.78 is 26.4. The van der Waals surface area contributed by atoms with Gasteiger partial charge in [-0.05, 0) is 29.3 Å². The molecule has 3 aromatic rings. The predicted molar refractivity (Wildman–Crippen MR) is 89.8 cm³/mol. The Kier molecular flexibility index (Phi) is 4.48. The number of benzene rings is 2. The number of hydrogen-bond donors (Lipinski definition) is 1. The largest absolute Gasteiger partial charge is 0.476 e. The highest BCUT2D eigenvalue weighted by molar-refractivity contribution is 7.16. The van der Waals surface area contributed by atoms with E-state index in [1.54, 1.807) is 12.1 Å². The van der Waals surface area contributed by atoms with Gasteiger partial charge in [0.15, 0.2) is 5.69 Å². The summed E-state index contributed by atoms with van der Waals surface area (Å²) in [7, 11) is 0. The zero-order valence-corrected chi connectivity index (χ0v) is 13.1. The minimum atomic E-state index is -1.12. The molecule has 0 bridgehead atoms. The maximum Gasteiger partial charge on any atom is 0.356 e. The van der Waals surface area contributed by atoms with Crippen molar-refractivity contribution in [2.24, 2.45) is 0 Å². The predicted octanol–water partition coefficient (Wildman–Crippen LogP) is 4.96. The quantitative estimate of drug-likeness (QED) is 0.729. The van der Waals surface area contributed by atoms with Crippen LogP contribution in [-0.2, 0) is 0 Å². The minimum Gasteiger partial charge on any atom is -0.476 e. The van der Waals surface area contributed by atoms with Crippen LogP contribution < -0.4 is 0 Å². The van der Waals surface area contributed by atoms with Crippen molar-refractivity contribution >= 4 is 29.5 Å². The summed E-state index contributed by atoms with van der Waals surface area (Å²) in [5, 5.41) is 9.76. The molecule has 0 saturated carbocycles. The normalized spacial score (nSPS) is 11.1. The van der Waals surface area contributed by atoms with Crippen LogP contribution in [0.1, 0.15) is 21.1 Å². The molecule has 0 aliphatic rings. The van der Waals surface area contributed by atoms with Gasteiger partial charge in [-0.3, -0.25) is 0 Å². The number of carbonyl (C=O) groups is 1. The lowest BCUT2D eigenvalue weighted by Crippen LogP contribution is -1.98. The fraction of sp³-hybridized carbons (Fsp3) is 0. The van der Waals surface area contributed by atoms with Gasteiger partial charge < -0.3 is 5.11 Å². The fourth-order valence-corrected chi connectivity index (χ4v) is 3.14. The summed E-state index contributed by atoms with van der Waals surface area (Å²) in [5.74, 6) is -2.48. The van der Waals surface area contributed by atoms with Crippen molar-refractivity contribution in [2.75, 3.05) is 0 Å². The van der Waals surface area contributed by atoms with Gasteiger partial charge in [0.1, 0.15) is 16.6 Å². The van der Waals surface area contributed by atoms with Crippen molar-refractivity contribution in [1.82, 2.24) is 4.98 Å². The SMILES string of the molecule is O=C(O)c1nc(/C=C/c2cc(F)cc(F)c2)sc1-c1ccccc1. The smallest absolute Gasteiger partial charge is 0.356 e. The van der Waals surface area contributed by atoms with E-state index in [0.29, 0.717) is 15.4 Å². The molecule has 0 aliphatic heterocycles. The summed E-state index contributed by atoms with van der Waals surface area (Å²) in [6, 6.07) is 12.2. The van der Waals surface area contributed by atoms with Crippen LogP contribution in [0.4, 0.5) is 8.78 Å². The van der Waals surface area contributed by atoms with Gasteiger partial charge in [0.05, 0.1) is 4.88 Å². The lowest BCUT2D eigenvalue weighted by Gasteiger charge is -1.97. The van der Waals surface area contributed by atoms with E-state index in [1.807, 2.05) is 18.2 Å². The number of rotatable bonds is 4. The molecule has 1 N–H and O–H groups in total. The van der Waals surface area contributed by atoms with Crippen molar-refractivity contribution in [3.8, 4) is 10.4 Å². The Bertz CT molecular complexity index is 900. The second-order valence-electron chi connectivity index (χ2n) is 4.94. The molecule has 0 atom stereocenters. The van der Waals surface area contributed by atoms with Crippen molar-refractivity contribution < 1.29 is 18.7 Å². The van der Waals surface area contributed by atoms with Crippen molar-refractivity contribution in [3.05, 3.63) is 76.4 Å². The first-order valence-corrected chi connectivity index (χ1v) is 7.78. The number of thiazole rings is 1. The molecule has 0 radical (unpaired) electrons. The first-order valence-electron chi connectivity index (χ1n) is 6.96. The van der Waals surface area contributed by atoms with E-state index in [0.717, 1.165) is 11.6 Å². The van der Waals surface area contributed by atoms with Gasteiger partial charge in [0.25, 0.3) is 0 Å². The first-order chi connectivity index (χ1) is 11.5. The molecule has 0 spiro atoms. The second-order valence-corrected chi connectivity index (χ2v) is 5.97. The molecule has 120 valence electrons. The summed E-state index contributed by atoms with van der Waals surface area (Å²) in [6.07, 6.45) is 3.03. The molecular weight excluding hydrogens is 332 g/mol. The Labute approximate surface area is 140 Å². The number of carboxylic acids is 1. The summed E-state index contributed by atoms with van der Waals surface area (Å²) >= 11 is 1.20. The van der Waals surface area contributed by atoms with Gasteiger partial charge in [-0.25, -0.2) is 18.6 Å². The van der Waals surface area contributed by atoms with Crippen molar-refractivity contribution in [2.45, 2.75) is 0 Å². The number of halogens is 2. The number of nitrogens with zero attached hydrogens (tertiary/aromatic N) is 1. The molecule has 2 aromatic carbocycles. The van der Waals surface area contributed by atoms with Gasteiger partial charge in [-0.15, -0.1) is 11.3 Å². The van der Waals surface area contributed by atoms with Crippen LogP contribution in [0, 0.1) is 11.6 Å². The number of aromatic nitrogens is 1. The Morgan fingerprint density at radius 1 is 1.04 bits per heavy atom. The molecule has 3 rings (SSSR count). The van der Waals surface area contributed by atoms with E-state index in [2.05, 4.69) is 4.98 Å². The van der Waals surface area contributed by atoms with Crippen LogP contribution in [0.25, 0.3) is 22.6 Å². The third-order valence-electron chi connectivity index (χ3n) is 3.19. The molecule has 3 nitrogen and oxygen atoms in total. The van der Waals surface area contributed by atoms with E-state index in [9.17, 15) is 18.7 Å². The Balaban J connectivity index is 1.97. The maximum atomic E-state index is 13.2. The van der Waals surface area contributed by atoms with Crippen LogP contribution in [0.15, 0.2) is 48.5 Å². The summed E-state index contributed by atoms with van der Waals surface area (Å²) in [5.41, 5.74) is 1.04. The van der Waals surface area contributed by atoms with Crippen LogP contribution in [0.5, 0.6) is 0 Å². The molecule has 0 unspecified atom stereocenters. The highest BCUT2D eigenvalue weighted by atomic mass is 32.1. The first kappa shape index (κ1) is 16.0. The molecular formula is C18H11F2NO2S. The fourth-order valence-electron chi connectivity index (χ4n) is 2.18. The molecule has 6 heteroatoms. The average molecular weight is 343 g/mol. The Hall–Kier alpha value is -2.86. The van der Waals surface area contributed by atoms with Gasteiger partial charge in [0, 0.05) is 6.07 Å². The average Bonchev–Trinajstić information content (AvgIpc) is 2.97. The molecule has 1 heterocycles. The third-order valence-corrected chi connectivity index (χ3v) is 4.26. The Morgan fingerprint density at radius 3 is 2.33 bits per heavy atom. The van der Waals surface area contributed by atoms with Gasteiger partial charge in [-0.2, -0.15) is 0 Å². The van der Waals surface area contributed by atoms with E-state index in [1.165, 1.54) is 35.6 Å². The van der Waals surface area contributed by atoms with Gasteiger partial charge in [-0.1, -0.05) is 36.4 Å². The van der Waals surface area contributed by atoms with Crippen molar-refractivity contribution in [3.63, 3.8) is 0 Å². The molecule has 24 heavy (non-hydrogen) atoms. The standard InChI is InChI=1S/C18H11F2NO2S/c19-13-8-11(9-14(20)10-13)6-7-15-21-16(18(22)23)17(24-15)12-4-2-1-3-5-12/h1-10H,(H,22,23)/b7-6+. The minimum absolute atomic E-state index is 0.0451. The van der Waals surface area contributed by atoms with Crippen molar-refractivity contribution in [1.29, 1.82) is 0 Å². The van der Waals surface area contributed by atoms with Crippen LogP contribution >= 0.6 is 11.3 Å².